The van der Waals surface area contributed by atoms with Crippen LogP contribution in [0.4, 0.5) is 4.79 Å². The summed E-state index contributed by atoms with van der Waals surface area (Å²) in [5.74, 6) is 0.729. The van der Waals surface area contributed by atoms with Crippen LogP contribution in [0, 0.1) is 11.3 Å². The van der Waals surface area contributed by atoms with E-state index in [1.807, 2.05) is 23.2 Å². The van der Waals surface area contributed by atoms with Crippen molar-refractivity contribution in [1.29, 1.82) is 0 Å². The SMILES string of the molecule is O=C(NC[C@@H]1CC12CCCCC2)N1CCC(OCc2cccnc2)CC1. The maximum absolute atomic E-state index is 12.5. The number of amides is 2. The van der Waals surface area contributed by atoms with E-state index in [-0.39, 0.29) is 12.1 Å². The Morgan fingerprint density at radius 2 is 2.08 bits per heavy atom. The van der Waals surface area contributed by atoms with Gasteiger partial charge in [-0.1, -0.05) is 25.3 Å². The average Bonchev–Trinajstić information content (AvgIpc) is 3.37. The topological polar surface area (TPSA) is 54.5 Å². The molecule has 1 aromatic heterocycles. The number of carbonyl (C=O) groups is 1. The number of carbonyl (C=O) groups excluding carboxylic acids is 1. The van der Waals surface area contributed by atoms with E-state index in [0.717, 1.165) is 44.0 Å². The smallest absolute Gasteiger partial charge is 0.317 e. The Morgan fingerprint density at radius 3 is 2.81 bits per heavy atom. The molecular formula is C21H31N3O2. The molecule has 1 N–H and O–H groups in total. The highest BCUT2D eigenvalue weighted by atomic mass is 16.5. The predicted octanol–water partition coefficient (Wildman–Crippen LogP) is 3.74. The summed E-state index contributed by atoms with van der Waals surface area (Å²) in [6.07, 6.45) is 14.0. The molecule has 2 aliphatic carbocycles. The van der Waals surface area contributed by atoms with E-state index in [4.69, 9.17) is 4.74 Å². The van der Waals surface area contributed by atoms with Crippen molar-refractivity contribution in [2.24, 2.45) is 11.3 Å². The van der Waals surface area contributed by atoms with Crippen LogP contribution in [0.2, 0.25) is 0 Å². The van der Waals surface area contributed by atoms with Crippen molar-refractivity contribution in [2.75, 3.05) is 19.6 Å². The number of ether oxygens (including phenoxy) is 1. The molecule has 1 spiro atoms. The Hall–Kier alpha value is -1.62. The number of rotatable bonds is 5. The van der Waals surface area contributed by atoms with E-state index in [0.29, 0.717) is 12.0 Å². The number of piperidine rings is 1. The Balaban J connectivity index is 1.14. The van der Waals surface area contributed by atoms with Crippen LogP contribution in [-0.2, 0) is 11.3 Å². The molecule has 1 atom stereocenters. The lowest BCUT2D eigenvalue weighted by molar-refractivity contribution is 0.00434. The number of hydrogen-bond donors (Lipinski definition) is 1. The minimum Gasteiger partial charge on any atom is -0.373 e. The quantitative estimate of drug-likeness (QED) is 0.873. The summed E-state index contributed by atoms with van der Waals surface area (Å²) in [6, 6.07) is 4.09. The molecule has 142 valence electrons. The molecule has 3 fully saturated rings. The van der Waals surface area contributed by atoms with Crippen molar-refractivity contribution in [3.05, 3.63) is 30.1 Å². The second-order valence-electron chi connectivity index (χ2n) is 8.37. The van der Waals surface area contributed by atoms with Gasteiger partial charge in [-0.2, -0.15) is 0 Å². The predicted molar refractivity (Wildman–Crippen MR) is 101 cm³/mol. The molecule has 2 heterocycles. The minimum absolute atomic E-state index is 0.119. The van der Waals surface area contributed by atoms with Crippen molar-refractivity contribution in [2.45, 2.75) is 64.1 Å². The van der Waals surface area contributed by atoms with Crippen LogP contribution >= 0.6 is 0 Å². The summed E-state index contributed by atoms with van der Waals surface area (Å²) in [7, 11) is 0. The zero-order valence-electron chi connectivity index (χ0n) is 15.7. The van der Waals surface area contributed by atoms with E-state index in [2.05, 4.69) is 10.3 Å². The third kappa shape index (κ3) is 4.20. The number of nitrogens with zero attached hydrogens (tertiary/aromatic N) is 2. The number of likely N-dealkylation sites (tertiary alicyclic amines) is 1. The van der Waals surface area contributed by atoms with E-state index in [1.54, 1.807) is 6.20 Å². The molecule has 1 aromatic rings. The highest BCUT2D eigenvalue weighted by Crippen LogP contribution is 2.60. The average molecular weight is 357 g/mol. The van der Waals surface area contributed by atoms with Gasteiger partial charge in [0.15, 0.2) is 0 Å². The van der Waals surface area contributed by atoms with Gasteiger partial charge >= 0.3 is 6.03 Å². The first-order valence-corrected chi connectivity index (χ1v) is 10.3. The van der Waals surface area contributed by atoms with Gasteiger partial charge in [0.2, 0.25) is 0 Å². The summed E-state index contributed by atoms with van der Waals surface area (Å²) in [5.41, 5.74) is 1.70. The molecule has 3 aliphatic rings. The normalized spacial score (nSPS) is 25.2. The van der Waals surface area contributed by atoms with Gasteiger partial charge in [0.05, 0.1) is 12.7 Å². The third-order valence-electron chi connectivity index (χ3n) is 6.65. The van der Waals surface area contributed by atoms with E-state index >= 15 is 0 Å². The monoisotopic (exact) mass is 357 g/mol. The van der Waals surface area contributed by atoms with Crippen LogP contribution < -0.4 is 5.32 Å². The highest BCUT2D eigenvalue weighted by molar-refractivity contribution is 5.74. The van der Waals surface area contributed by atoms with Crippen LogP contribution in [0.3, 0.4) is 0 Å². The van der Waals surface area contributed by atoms with Gasteiger partial charge < -0.3 is 15.0 Å². The molecule has 5 nitrogen and oxygen atoms in total. The number of aromatic nitrogens is 1. The molecule has 1 aliphatic heterocycles. The Morgan fingerprint density at radius 1 is 1.27 bits per heavy atom. The summed E-state index contributed by atoms with van der Waals surface area (Å²) in [5, 5.41) is 3.20. The van der Waals surface area contributed by atoms with Gasteiger partial charge in [-0.3, -0.25) is 4.98 Å². The molecule has 26 heavy (non-hydrogen) atoms. The first kappa shape index (κ1) is 17.8. The Labute approximate surface area is 156 Å². The summed E-state index contributed by atoms with van der Waals surface area (Å²) in [4.78, 5) is 18.5. The molecule has 0 unspecified atom stereocenters. The fourth-order valence-electron chi connectivity index (χ4n) is 4.83. The molecule has 0 bridgehead atoms. The molecule has 2 amide bonds. The van der Waals surface area contributed by atoms with Crippen molar-refractivity contribution in [3.8, 4) is 0 Å². The standard InChI is InChI=1S/C21H31N3O2/c25-20(23-15-18-13-21(18)8-2-1-3-9-21)24-11-6-19(7-12-24)26-16-17-5-4-10-22-14-17/h4-5,10,14,18-19H,1-3,6-9,11-13,15-16H2,(H,23,25)/t18-/m0/s1. The van der Waals surface area contributed by atoms with E-state index < -0.39 is 0 Å². The van der Waals surface area contributed by atoms with Crippen LogP contribution in [0.15, 0.2) is 24.5 Å². The molecule has 0 radical (unpaired) electrons. The lowest BCUT2D eigenvalue weighted by Crippen LogP contribution is -2.46. The third-order valence-corrected chi connectivity index (χ3v) is 6.65. The first-order chi connectivity index (χ1) is 12.8. The van der Waals surface area contributed by atoms with Gasteiger partial charge in [-0.25, -0.2) is 4.79 Å². The number of pyridine rings is 1. The van der Waals surface area contributed by atoms with Gasteiger partial charge in [0.1, 0.15) is 0 Å². The van der Waals surface area contributed by atoms with Gasteiger partial charge in [-0.15, -0.1) is 0 Å². The lowest BCUT2D eigenvalue weighted by atomic mass is 9.84. The molecular weight excluding hydrogens is 326 g/mol. The van der Waals surface area contributed by atoms with Crippen LogP contribution in [-0.4, -0.2) is 41.7 Å². The summed E-state index contributed by atoms with van der Waals surface area (Å²) < 4.78 is 5.98. The van der Waals surface area contributed by atoms with Gasteiger partial charge in [0.25, 0.3) is 0 Å². The number of hydrogen-bond acceptors (Lipinski definition) is 3. The molecule has 2 saturated carbocycles. The molecule has 4 rings (SSSR count). The summed E-state index contributed by atoms with van der Waals surface area (Å²) >= 11 is 0. The van der Waals surface area contributed by atoms with Gasteiger partial charge in [0, 0.05) is 32.0 Å². The van der Waals surface area contributed by atoms with Crippen LogP contribution in [0.1, 0.15) is 56.9 Å². The van der Waals surface area contributed by atoms with Crippen molar-refractivity contribution >= 4 is 6.03 Å². The van der Waals surface area contributed by atoms with Crippen molar-refractivity contribution in [1.82, 2.24) is 15.2 Å². The van der Waals surface area contributed by atoms with Crippen molar-refractivity contribution < 1.29 is 9.53 Å². The van der Waals surface area contributed by atoms with E-state index in [9.17, 15) is 4.79 Å². The largest absolute Gasteiger partial charge is 0.373 e. The molecule has 5 heteroatoms. The maximum atomic E-state index is 12.5. The second kappa shape index (κ2) is 7.95. The van der Waals surface area contributed by atoms with Crippen molar-refractivity contribution in [3.63, 3.8) is 0 Å². The fraction of sp³-hybridized carbons (Fsp3) is 0.714. The lowest BCUT2D eigenvalue weighted by Gasteiger charge is -2.32. The Bertz CT molecular complexity index is 593. The summed E-state index contributed by atoms with van der Waals surface area (Å²) in [6.45, 7) is 3.06. The van der Waals surface area contributed by atoms with Gasteiger partial charge in [-0.05, 0) is 55.1 Å². The van der Waals surface area contributed by atoms with E-state index in [1.165, 1.54) is 38.5 Å². The second-order valence-corrected chi connectivity index (χ2v) is 8.37. The van der Waals surface area contributed by atoms with Crippen LogP contribution in [0.5, 0.6) is 0 Å². The zero-order valence-corrected chi connectivity index (χ0v) is 15.7. The maximum Gasteiger partial charge on any atom is 0.317 e. The van der Waals surface area contributed by atoms with Crippen LogP contribution in [0.25, 0.3) is 0 Å². The highest BCUT2D eigenvalue weighted by Gasteiger charge is 2.53. The fourth-order valence-corrected chi connectivity index (χ4v) is 4.83. The molecule has 1 saturated heterocycles. The number of urea groups is 1. The minimum atomic E-state index is 0.119. The number of nitrogens with one attached hydrogen (secondary N) is 1. The zero-order chi connectivity index (χ0) is 17.8. The first-order valence-electron chi connectivity index (χ1n) is 10.3. The Kier molecular flexibility index (Phi) is 5.44. The molecule has 0 aromatic carbocycles.